The number of anilines is 1. The van der Waals surface area contributed by atoms with Crippen LogP contribution in [0.5, 0.6) is 0 Å². The zero-order valence-corrected chi connectivity index (χ0v) is 13.5. The third-order valence-corrected chi connectivity index (χ3v) is 5.12. The van der Waals surface area contributed by atoms with E-state index >= 15 is 0 Å². The van der Waals surface area contributed by atoms with Crippen molar-refractivity contribution in [1.82, 2.24) is 9.88 Å². The second kappa shape index (κ2) is 5.31. The van der Waals surface area contributed by atoms with Crippen molar-refractivity contribution in [2.24, 2.45) is 10.7 Å². The van der Waals surface area contributed by atoms with E-state index < -0.39 is 11.4 Å². The molecule has 0 spiro atoms. The molecule has 3 rings (SSSR count). The number of nitrogen functional groups attached to an aromatic ring is 1. The van der Waals surface area contributed by atoms with Crippen LogP contribution in [-0.2, 0) is 10.3 Å². The van der Waals surface area contributed by atoms with Crippen LogP contribution in [0.3, 0.4) is 0 Å². The minimum atomic E-state index is -0.790. The molecule has 0 fully saturated rings. The van der Waals surface area contributed by atoms with E-state index in [1.807, 2.05) is 6.92 Å². The molecule has 2 aromatic rings. The van der Waals surface area contributed by atoms with Crippen LogP contribution in [0.25, 0.3) is 10.4 Å². The van der Waals surface area contributed by atoms with Crippen molar-refractivity contribution >= 4 is 28.9 Å². The van der Waals surface area contributed by atoms with Crippen LogP contribution in [0.1, 0.15) is 18.4 Å². The fraction of sp³-hybridized carbons (Fsp3) is 0.267. The highest BCUT2D eigenvalue weighted by molar-refractivity contribution is 7.15. The van der Waals surface area contributed by atoms with Gasteiger partial charge in [-0.1, -0.05) is 6.07 Å². The van der Waals surface area contributed by atoms with Gasteiger partial charge in [0, 0.05) is 13.2 Å². The van der Waals surface area contributed by atoms with E-state index in [0.29, 0.717) is 5.01 Å². The number of nitrogens with zero attached hydrogens (tertiary/aromatic N) is 3. The summed E-state index contributed by atoms with van der Waals surface area (Å²) >= 11 is 1.39. The Hall–Kier alpha value is -2.48. The molecule has 6 nitrogen and oxygen atoms in total. The summed E-state index contributed by atoms with van der Waals surface area (Å²) in [6.07, 6.45) is 1.87. The Morgan fingerprint density at radius 3 is 2.78 bits per heavy atom. The van der Waals surface area contributed by atoms with Gasteiger partial charge in [0.05, 0.1) is 17.0 Å². The highest BCUT2D eigenvalue weighted by Crippen LogP contribution is 2.38. The van der Waals surface area contributed by atoms with Crippen molar-refractivity contribution < 1.29 is 9.18 Å². The quantitative estimate of drug-likeness (QED) is 0.821. The van der Waals surface area contributed by atoms with Crippen molar-refractivity contribution in [1.29, 1.82) is 0 Å². The standard InChI is InChI=1S/C15H16FN5OS/c1-15(6-12(22)21(2)14(18)20-15)13-19-7-11(23-13)8-3-4-9(16)10(17)5-8/h3-5,7H,6,17H2,1-2H3,(H2,18,20)/t15-/m0/s1. The molecule has 1 aliphatic rings. The Kier molecular flexibility index (Phi) is 3.56. The van der Waals surface area contributed by atoms with Gasteiger partial charge in [-0.25, -0.2) is 14.4 Å². The number of thiazole rings is 1. The molecule has 0 aliphatic carbocycles. The van der Waals surface area contributed by atoms with E-state index in [1.54, 1.807) is 25.4 Å². The van der Waals surface area contributed by atoms with E-state index in [-0.39, 0.29) is 24.0 Å². The van der Waals surface area contributed by atoms with Crippen molar-refractivity contribution in [3.8, 4) is 10.4 Å². The lowest BCUT2D eigenvalue weighted by Crippen LogP contribution is -2.47. The Morgan fingerprint density at radius 2 is 2.13 bits per heavy atom. The highest BCUT2D eigenvalue weighted by Gasteiger charge is 2.38. The van der Waals surface area contributed by atoms with E-state index in [4.69, 9.17) is 11.5 Å². The number of carbonyl (C=O) groups is 1. The van der Waals surface area contributed by atoms with E-state index in [0.717, 1.165) is 10.4 Å². The van der Waals surface area contributed by atoms with Gasteiger partial charge in [-0.3, -0.25) is 9.69 Å². The van der Waals surface area contributed by atoms with E-state index in [2.05, 4.69) is 9.98 Å². The van der Waals surface area contributed by atoms with Gasteiger partial charge in [0.15, 0.2) is 5.96 Å². The van der Waals surface area contributed by atoms with Crippen LogP contribution in [0.2, 0.25) is 0 Å². The van der Waals surface area contributed by atoms with Crippen LogP contribution in [0, 0.1) is 5.82 Å². The summed E-state index contributed by atoms with van der Waals surface area (Å²) in [5, 5.41) is 0.680. The number of carbonyl (C=O) groups excluding carboxylic acids is 1. The second-order valence-corrected chi connectivity index (χ2v) is 6.67. The molecular weight excluding hydrogens is 317 g/mol. The number of benzene rings is 1. The van der Waals surface area contributed by atoms with Crippen molar-refractivity contribution in [3.05, 3.63) is 35.2 Å². The first kappa shape index (κ1) is 15.4. The fourth-order valence-electron chi connectivity index (χ4n) is 2.39. The van der Waals surface area contributed by atoms with Crippen molar-refractivity contribution in [2.45, 2.75) is 18.9 Å². The van der Waals surface area contributed by atoms with Crippen LogP contribution in [-0.4, -0.2) is 28.8 Å². The summed E-state index contributed by atoms with van der Waals surface area (Å²) in [5.41, 5.74) is 11.5. The first-order valence-electron chi connectivity index (χ1n) is 6.94. The number of aliphatic imine (C=N–C) groups is 1. The van der Waals surface area contributed by atoms with Crippen molar-refractivity contribution in [2.75, 3.05) is 12.8 Å². The molecule has 8 heteroatoms. The Balaban J connectivity index is 1.98. The van der Waals surface area contributed by atoms with Gasteiger partial charge in [0.2, 0.25) is 5.91 Å². The van der Waals surface area contributed by atoms with Gasteiger partial charge in [-0.05, 0) is 24.6 Å². The molecule has 1 aliphatic heterocycles. The zero-order chi connectivity index (χ0) is 16.8. The van der Waals surface area contributed by atoms with Crippen LogP contribution in [0.4, 0.5) is 10.1 Å². The number of nitrogens with two attached hydrogens (primary N) is 2. The van der Waals surface area contributed by atoms with Crippen LogP contribution in [0.15, 0.2) is 29.4 Å². The lowest BCUT2D eigenvalue weighted by molar-refractivity contribution is -0.128. The summed E-state index contributed by atoms with van der Waals surface area (Å²) in [7, 11) is 1.59. The average Bonchev–Trinajstić information content (AvgIpc) is 2.98. The molecule has 0 radical (unpaired) electrons. The van der Waals surface area contributed by atoms with Crippen LogP contribution >= 0.6 is 11.3 Å². The first-order valence-corrected chi connectivity index (χ1v) is 7.75. The molecule has 0 unspecified atom stereocenters. The Labute approximate surface area is 136 Å². The molecule has 0 saturated heterocycles. The molecule has 1 aromatic carbocycles. The lowest BCUT2D eigenvalue weighted by Gasteiger charge is -2.31. The number of hydrogen-bond donors (Lipinski definition) is 2. The highest BCUT2D eigenvalue weighted by atomic mass is 32.1. The summed E-state index contributed by atoms with van der Waals surface area (Å²) in [6.45, 7) is 1.83. The number of guanidine groups is 1. The van der Waals surface area contributed by atoms with E-state index in [9.17, 15) is 9.18 Å². The van der Waals surface area contributed by atoms with Gasteiger partial charge in [-0.2, -0.15) is 0 Å². The monoisotopic (exact) mass is 333 g/mol. The van der Waals surface area contributed by atoms with Gasteiger partial charge < -0.3 is 11.5 Å². The summed E-state index contributed by atoms with van der Waals surface area (Å²) in [6, 6.07) is 4.52. The summed E-state index contributed by atoms with van der Waals surface area (Å²) < 4.78 is 13.3. The van der Waals surface area contributed by atoms with Crippen molar-refractivity contribution in [3.63, 3.8) is 0 Å². The van der Waals surface area contributed by atoms with Gasteiger partial charge >= 0.3 is 0 Å². The molecular formula is C15H16FN5OS. The number of rotatable bonds is 2. The predicted octanol–water partition coefficient (Wildman–Crippen LogP) is 1.92. The van der Waals surface area contributed by atoms with E-state index in [1.165, 1.54) is 22.3 Å². The lowest BCUT2D eigenvalue weighted by atomic mass is 9.97. The number of hydrogen-bond acceptors (Lipinski definition) is 6. The molecule has 120 valence electrons. The normalized spacial score (nSPS) is 21.4. The fourth-order valence-corrected chi connectivity index (χ4v) is 3.39. The number of aromatic nitrogens is 1. The largest absolute Gasteiger partial charge is 0.396 e. The topological polar surface area (TPSA) is 97.6 Å². The maximum Gasteiger partial charge on any atom is 0.231 e. The number of amides is 1. The summed E-state index contributed by atoms with van der Waals surface area (Å²) in [5.74, 6) is -0.391. The van der Waals surface area contributed by atoms with Gasteiger partial charge in [0.1, 0.15) is 16.4 Å². The molecule has 2 heterocycles. The minimum absolute atomic E-state index is 0.0837. The van der Waals surface area contributed by atoms with Crippen LogP contribution < -0.4 is 11.5 Å². The molecule has 0 saturated carbocycles. The Morgan fingerprint density at radius 1 is 1.39 bits per heavy atom. The summed E-state index contributed by atoms with van der Waals surface area (Å²) in [4.78, 5) is 23.0. The molecule has 1 aromatic heterocycles. The number of halogens is 1. The smallest absolute Gasteiger partial charge is 0.231 e. The molecule has 1 amide bonds. The minimum Gasteiger partial charge on any atom is -0.396 e. The third kappa shape index (κ3) is 2.65. The Bertz CT molecular complexity index is 818. The maximum absolute atomic E-state index is 13.3. The SMILES string of the molecule is CN1C(=O)C[C@@](C)(c2ncc(-c3ccc(F)c(N)c3)s2)N=C1N. The van der Waals surface area contributed by atoms with Gasteiger partial charge in [0.25, 0.3) is 0 Å². The third-order valence-electron chi connectivity index (χ3n) is 3.82. The van der Waals surface area contributed by atoms with Gasteiger partial charge in [-0.15, -0.1) is 11.3 Å². The predicted molar refractivity (Wildman–Crippen MR) is 88.3 cm³/mol. The maximum atomic E-state index is 13.3. The second-order valence-electron chi connectivity index (χ2n) is 5.64. The molecule has 4 N–H and O–H groups in total. The first-order chi connectivity index (χ1) is 10.8. The molecule has 1 atom stereocenters. The molecule has 23 heavy (non-hydrogen) atoms. The molecule has 0 bridgehead atoms. The zero-order valence-electron chi connectivity index (χ0n) is 12.7. The average molecular weight is 333 g/mol.